The Morgan fingerprint density at radius 1 is 0.833 bits per heavy atom. The predicted octanol–water partition coefficient (Wildman–Crippen LogP) is 0.881. The van der Waals surface area contributed by atoms with Gasteiger partial charge in [0, 0.05) is 39.0 Å². The number of amides is 4. The second kappa shape index (κ2) is 12.7. The topological polar surface area (TPSA) is 194 Å². The lowest BCUT2D eigenvalue weighted by Gasteiger charge is -2.25. The quantitative estimate of drug-likeness (QED) is 0.268. The number of carbonyl (C=O) groups is 4. The fourth-order valence-corrected chi connectivity index (χ4v) is 5.02. The minimum Gasteiger partial charge on any atom is -0.444 e. The van der Waals surface area contributed by atoms with Crippen molar-refractivity contribution in [1.29, 1.82) is 0 Å². The molecule has 5 heterocycles. The van der Waals surface area contributed by atoms with Crippen LogP contribution in [0.1, 0.15) is 60.8 Å². The maximum absolute atomic E-state index is 11.8. The summed E-state index contributed by atoms with van der Waals surface area (Å²) in [6, 6.07) is 0. The minimum absolute atomic E-state index is 0.173. The molecular formula is C27H48N6O9. The second-order valence-electron chi connectivity index (χ2n) is 13.5. The molecule has 4 amide bonds. The summed E-state index contributed by atoms with van der Waals surface area (Å²) >= 11 is 0. The molecule has 2 spiro atoms. The van der Waals surface area contributed by atoms with Crippen molar-refractivity contribution in [3.63, 3.8) is 0 Å². The molecule has 5 rings (SSSR count). The number of hydrogen-bond acceptors (Lipinski definition) is 11. The zero-order chi connectivity index (χ0) is 31.4. The summed E-state index contributed by atoms with van der Waals surface area (Å²) < 4.78 is 20.8. The normalized spacial score (nSPS) is 30.1. The van der Waals surface area contributed by atoms with Gasteiger partial charge in [-0.2, -0.15) is 0 Å². The van der Waals surface area contributed by atoms with Crippen molar-refractivity contribution in [3.05, 3.63) is 0 Å². The van der Waals surface area contributed by atoms with Gasteiger partial charge in [-0.1, -0.05) is 0 Å². The molecule has 0 radical (unpaired) electrons. The van der Waals surface area contributed by atoms with Gasteiger partial charge in [-0.05, 0) is 54.5 Å². The predicted molar refractivity (Wildman–Crippen MR) is 151 cm³/mol. The molecule has 15 nitrogen and oxygen atoms in total. The Morgan fingerprint density at radius 3 is 1.74 bits per heavy atom. The first-order chi connectivity index (χ1) is 19.4. The number of alkyl carbamates (subject to hydrolysis) is 2. The van der Waals surface area contributed by atoms with E-state index in [1.165, 1.54) is 4.90 Å². The Bertz CT molecular complexity index is 1010. The molecule has 5 saturated heterocycles. The molecule has 5 aliphatic rings. The molecule has 6 N–H and O–H groups in total. The molecule has 42 heavy (non-hydrogen) atoms. The summed E-state index contributed by atoms with van der Waals surface area (Å²) in [7, 11) is 0. The molecule has 15 heteroatoms. The average Bonchev–Trinajstić information content (AvgIpc) is 3.69. The van der Waals surface area contributed by atoms with Gasteiger partial charge in [0.1, 0.15) is 16.8 Å². The number of β-amino-alcohol motifs (C(OH)–C–C–N with tert-alkyl or cyclic N) is 1. The third kappa shape index (κ3) is 9.49. The van der Waals surface area contributed by atoms with Gasteiger partial charge in [0.25, 0.3) is 0 Å². The van der Waals surface area contributed by atoms with E-state index in [2.05, 4.69) is 16.0 Å². The van der Waals surface area contributed by atoms with Crippen LogP contribution in [0, 0.1) is 0 Å². The molecule has 0 aromatic rings. The standard InChI is InChI=1S/C11H18N2O4.C10H20N2O3.C6H10N2O2/c1-10(2,3)17-9(15)13-5-4-11(7-13)6-12-8(14)16-11;1-9(2,3)15-8(13)12-5-4-10(14,6-11)7-12;9-5-8-4-6(10-5)1-2-7-3-6/h4-7H2,1-3H3,(H,12,14);14H,4-7,11H2,1-3H3;7H,1-4H2,(H,8,9). The van der Waals surface area contributed by atoms with E-state index in [1.54, 1.807) is 4.90 Å². The third-order valence-electron chi connectivity index (χ3n) is 7.26. The first-order valence-corrected chi connectivity index (χ1v) is 14.4. The van der Waals surface area contributed by atoms with Gasteiger partial charge in [0.2, 0.25) is 0 Å². The number of ether oxygens (including phenoxy) is 4. The Balaban J connectivity index is 0.000000178. The van der Waals surface area contributed by atoms with Crippen LogP contribution < -0.4 is 21.7 Å². The summed E-state index contributed by atoms with van der Waals surface area (Å²) in [4.78, 5) is 48.2. The smallest absolute Gasteiger partial charge is 0.410 e. The molecule has 0 aromatic heterocycles. The zero-order valence-electron chi connectivity index (χ0n) is 25.7. The molecule has 0 saturated carbocycles. The van der Waals surface area contributed by atoms with Crippen LogP contribution in [0.3, 0.4) is 0 Å². The number of likely N-dealkylation sites (tertiary alicyclic amines) is 2. The summed E-state index contributed by atoms with van der Waals surface area (Å²) in [5.41, 5.74) is 2.73. The number of hydrogen-bond donors (Lipinski definition) is 5. The van der Waals surface area contributed by atoms with Crippen LogP contribution in [0.5, 0.6) is 0 Å². The van der Waals surface area contributed by atoms with Crippen molar-refractivity contribution in [1.82, 2.24) is 25.8 Å². The van der Waals surface area contributed by atoms with Crippen molar-refractivity contribution >= 4 is 24.4 Å². The van der Waals surface area contributed by atoms with Crippen LogP contribution in [-0.2, 0) is 18.9 Å². The molecule has 0 bridgehead atoms. The van der Waals surface area contributed by atoms with E-state index in [1.807, 2.05) is 41.5 Å². The highest BCUT2D eigenvalue weighted by Gasteiger charge is 2.48. The van der Waals surface area contributed by atoms with Crippen LogP contribution in [0.25, 0.3) is 0 Å². The number of nitrogens with zero attached hydrogens (tertiary/aromatic N) is 2. The molecule has 5 aliphatic heterocycles. The Labute approximate surface area is 247 Å². The Morgan fingerprint density at radius 2 is 1.33 bits per heavy atom. The SMILES string of the molecule is CC(C)(C)OC(=O)N1CCC(O)(CN)C1.CC(C)(C)OC(=O)N1CCC2(CNC(=O)O2)C1.O=C1NCC2(CCNC2)O1. The van der Waals surface area contributed by atoms with Gasteiger partial charge in [-0.25, -0.2) is 19.2 Å². The lowest BCUT2D eigenvalue weighted by Crippen LogP contribution is -2.43. The highest BCUT2D eigenvalue weighted by molar-refractivity contribution is 5.72. The van der Waals surface area contributed by atoms with Gasteiger partial charge < -0.3 is 55.5 Å². The fourth-order valence-electron chi connectivity index (χ4n) is 5.02. The Kier molecular flexibility index (Phi) is 10.1. The zero-order valence-corrected chi connectivity index (χ0v) is 25.7. The first kappa shape index (κ1) is 33.5. The number of rotatable bonds is 1. The van der Waals surface area contributed by atoms with E-state index in [-0.39, 0.29) is 37.0 Å². The fraction of sp³-hybridized carbons (Fsp3) is 0.852. The summed E-state index contributed by atoms with van der Waals surface area (Å²) in [5.74, 6) is 0. The lowest BCUT2D eigenvalue weighted by molar-refractivity contribution is 0.0174. The second-order valence-corrected chi connectivity index (χ2v) is 13.5. The van der Waals surface area contributed by atoms with E-state index in [9.17, 15) is 24.3 Å². The van der Waals surface area contributed by atoms with E-state index in [0.717, 1.165) is 19.5 Å². The number of nitrogens with one attached hydrogen (secondary N) is 3. The summed E-state index contributed by atoms with van der Waals surface area (Å²) in [6.45, 7) is 15.7. The third-order valence-corrected chi connectivity index (χ3v) is 7.26. The van der Waals surface area contributed by atoms with Crippen LogP contribution in [-0.4, -0.2) is 126 Å². The van der Waals surface area contributed by atoms with Crippen molar-refractivity contribution in [2.24, 2.45) is 5.73 Å². The van der Waals surface area contributed by atoms with Gasteiger partial charge in [0.05, 0.1) is 31.8 Å². The monoisotopic (exact) mass is 600 g/mol. The molecule has 0 aromatic carbocycles. The maximum Gasteiger partial charge on any atom is 0.410 e. The highest BCUT2D eigenvalue weighted by atomic mass is 16.6. The minimum atomic E-state index is -0.934. The van der Waals surface area contributed by atoms with Gasteiger partial charge in [-0.3, -0.25) is 0 Å². The Hall–Kier alpha value is -3.04. The van der Waals surface area contributed by atoms with Crippen LogP contribution in [0.2, 0.25) is 0 Å². The average molecular weight is 601 g/mol. The molecule has 240 valence electrons. The molecule has 3 unspecified atom stereocenters. The number of carbonyl (C=O) groups excluding carboxylic acids is 4. The van der Waals surface area contributed by atoms with Gasteiger partial charge in [0.15, 0.2) is 5.60 Å². The summed E-state index contributed by atoms with van der Waals surface area (Å²) in [5, 5.41) is 18.3. The summed E-state index contributed by atoms with van der Waals surface area (Å²) in [6.07, 6.45) is 0.698. The number of aliphatic hydroxyl groups is 1. The molecule has 5 fully saturated rings. The lowest BCUT2D eigenvalue weighted by atomic mass is 10.0. The first-order valence-electron chi connectivity index (χ1n) is 14.4. The van der Waals surface area contributed by atoms with Crippen LogP contribution in [0.15, 0.2) is 0 Å². The number of nitrogens with two attached hydrogens (primary N) is 1. The van der Waals surface area contributed by atoms with E-state index in [0.29, 0.717) is 45.6 Å². The van der Waals surface area contributed by atoms with Crippen molar-refractivity contribution < 1.29 is 43.2 Å². The van der Waals surface area contributed by atoms with E-state index < -0.39 is 28.5 Å². The highest BCUT2D eigenvalue weighted by Crippen LogP contribution is 2.29. The van der Waals surface area contributed by atoms with Crippen LogP contribution >= 0.6 is 0 Å². The molecule has 0 aliphatic carbocycles. The molecule has 3 atom stereocenters. The van der Waals surface area contributed by atoms with Crippen molar-refractivity contribution in [2.45, 2.75) is 88.8 Å². The van der Waals surface area contributed by atoms with Gasteiger partial charge in [-0.15, -0.1) is 0 Å². The van der Waals surface area contributed by atoms with E-state index in [4.69, 9.17) is 24.7 Å². The van der Waals surface area contributed by atoms with Crippen molar-refractivity contribution in [3.8, 4) is 0 Å². The van der Waals surface area contributed by atoms with Crippen molar-refractivity contribution in [2.75, 3.05) is 58.9 Å². The molecular weight excluding hydrogens is 552 g/mol. The van der Waals surface area contributed by atoms with Crippen LogP contribution in [0.4, 0.5) is 19.2 Å². The maximum atomic E-state index is 11.8. The largest absolute Gasteiger partial charge is 0.444 e. The van der Waals surface area contributed by atoms with E-state index >= 15 is 0 Å². The van der Waals surface area contributed by atoms with Gasteiger partial charge >= 0.3 is 24.4 Å².